The molecule has 0 saturated heterocycles. The van der Waals surface area contributed by atoms with Crippen LogP contribution in [0.15, 0.2) is 146 Å². The molecule has 78 heavy (non-hydrogen) atoms. The number of anilines is 2. The van der Waals surface area contributed by atoms with Crippen molar-refractivity contribution in [3.63, 3.8) is 0 Å². The first-order valence-electron chi connectivity index (χ1n) is 24.2. The molecule has 4 heterocycles. The summed E-state index contributed by atoms with van der Waals surface area (Å²) in [5.74, 6) is -1.82. The van der Waals surface area contributed by atoms with Crippen LogP contribution in [0.1, 0.15) is 81.0 Å². The maximum Gasteiger partial charge on any atom is 0.422 e. The van der Waals surface area contributed by atoms with E-state index in [0.29, 0.717) is 33.0 Å². The van der Waals surface area contributed by atoms with Gasteiger partial charge in [0.2, 0.25) is 0 Å². The van der Waals surface area contributed by atoms with Crippen LogP contribution >= 0.6 is 0 Å². The highest BCUT2D eigenvalue weighted by molar-refractivity contribution is 7.91. The summed E-state index contributed by atoms with van der Waals surface area (Å²) >= 11 is 0. The van der Waals surface area contributed by atoms with E-state index in [4.69, 9.17) is 14.6 Å². The zero-order valence-corrected chi connectivity index (χ0v) is 44.3. The van der Waals surface area contributed by atoms with Crippen molar-refractivity contribution >= 4 is 71.5 Å². The first-order valence-corrected chi connectivity index (χ1v) is 27.1. The minimum absolute atomic E-state index is 0.00426. The normalized spacial score (nSPS) is 13.3. The number of aromatic hydroxyl groups is 1. The summed E-state index contributed by atoms with van der Waals surface area (Å²) in [6.45, 7) is 5.18. The molecule has 3 amide bonds. The zero-order chi connectivity index (χ0) is 55.8. The van der Waals surface area contributed by atoms with Crippen LogP contribution in [0, 0.1) is 11.6 Å². The van der Waals surface area contributed by atoms with E-state index in [0.717, 1.165) is 19.7 Å². The fourth-order valence-corrected chi connectivity index (χ4v) is 10.7. The predicted molar refractivity (Wildman–Crippen MR) is 289 cm³/mol. The summed E-state index contributed by atoms with van der Waals surface area (Å²) in [6.07, 6.45) is 1.16. The number of phenolic OH excluding ortho intramolecular Hbond substituents is 1. The van der Waals surface area contributed by atoms with Gasteiger partial charge in [-0.3, -0.25) is 28.2 Å². The maximum absolute atomic E-state index is 14.4. The van der Waals surface area contributed by atoms with Gasteiger partial charge in [0, 0.05) is 74.6 Å². The molecule has 6 aromatic carbocycles. The van der Waals surface area contributed by atoms with Crippen molar-refractivity contribution in [1.29, 1.82) is 0 Å². The highest BCUT2D eigenvalue weighted by Gasteiger charge is 2.41. The fraction of sp³-hybridized carbons (Fsp3) is 0.196. The van der Waals surface area contributed by atoms with Gasteiger partial charge in [-0.05, 0) is 91.6 Å². The highest BCUT2D eigenvalue weighted by atomic mass is 32.2. The standard InChI is InChI=1S/C37H35FN4O6S.C19H17FN4O4S/c1-37(2,3)48-36(44)40-49(45,46)41(4)32-28-16-11-21-39-31(28)34(47-33(25-12-7-5-8-13-25)26-14-9-6-10-15-26)30-29(32)23-42(35(30)43)22-24-17-19-27(38)20-18-24;1-23(29(21,27)28)17-13-3-2-8-22-16(13)18(25)15-14(17)10-24(19(15)26)9-11-4-6-12(20)7-5-11/h5-21,33H,22-23H2,1-4H3,(H,40,44);2-8,25H,9-10H2,1H3,(H2,21,27,28). The molecule has 0 unspecified atom stereocenters. The van der Waals surface area contributed by atoms with E-state index in [2.05, 4.69) is 9.97 Å². The Morgan fingerprint density at radius 1 is 0.679 bits per heavy atom. The third-order valence-electron chi connectivity index (χ3n) is 12.9. The van der Waals surface area contributed by atoms with E-state index in [1.165, 1.54) is 60.6 Å². The molecule has 2 aliphatic heterocycles. The number of carbonyl (C=O) groups excluding carboxylic acids is 3. The van der Waals surface area contributed by atoms with Gasteiger partial charge in [-0.1, -0.05) is 84.9 Å². The third kappa shape index (κ3) is 11.1. The fourth-order valence-electron chi connectivity index (χ4n) is 9.38. The molecule has 402 valence electrons. The van der Waals surface area contributed by atoms with Gasteiger partial charge >= 0.3 is 16.3 Å². The average molecular weight is 1100 g/mol. The van der Waals surface area contributed by atoms with E-state index in [9.17, 15) is 45.1 Å². The molecule has 0 aliphatic carbocycles. The second-order valence-corrected chi connectivity index (χ2v) is 22.6. The Labute approximate surface area is 448 Å². The molecule has 0 saturated carbocycles. The number of pyridine rings is 2. The largest absolute Gasteiger partial charge is 0.505 e. The van der Waals surface area contributed by atoms with Crippen molar-refractivity contribution in [2.75, 3.05) is 22.7 Å². The number of aromatic nitrogens is 2. The Balaban J connectivity index is 0.000000216. The number of nitrogens with one attached hydrogen (secondary N) is 1. The minimum atomic E-state index is -4.55. The molecule has 0 atom stereocenters. The Hall–Kier alpha value is -8.73. The van der Waals surface area contributed by atoms with Crippen LogP contribution in [0.3, 0.4) is 0 Å². The van der Waals surface area contributed by atoms with E-state index in [1.54, 1.807) is 69.3 Å². The summed E-state index contributed by atoms with van der Waals surface area (Å²) in [4.78, 5) is 51.8. The van der Waals surface area contributed by atoms with Crippen molar-refractivity contribution < 1.29 is 54.6 Å². The molecule has 0 radical (unpaired) electrons. The molecule has 0 bridgehead atoms. The first kappa shape index (κ1) is 54.1. The van der Waals surface area contributed by atoms with E-state index >= 15 is 0 Å². The molecule has 2 aromatic heterocycles. The third-order valence-corrected chi connectivity index (χ3v) is 15.2. The molecule has 0 fully saturated rings. The Morgan fingerprint density at radius 3 is 1.62 bits per heavy atom. The quantitative estimate of drug-likeness (QED) is 0.0983. The van der Waals surface area contributed by atoms with Crippen LogP contribution in [-0.4, -0.2) is 79.3 Å². The number of nitrogens with zero attached hydrogens (tertiary/aromatic N) is 6. The highest BCUT2D eigenvalue weighted by Crippen LogP contribution is 2.48. The number of hydrogen-bond donors (Lipinski definition) is 3. The van der Waals surface area contributed by atoms with Gasteiger partial charge in [0.15, 0.2) is 11.5 Å². The number of halogens is 2. The van der Waals surface area contributed by atoms with Crippen molar-refractivity contribution in [3.05, 3.63) is 202 Å². The topological polar surface area (TPSA) is 235 Å². The summed E-state index contributed by atoms with van der Waals surface area (Å²) < 4.78 is 94.2. The number of ether oxygens (including phenoxy) is 2. The lowest BCUT2D eigenvalue weighted by atomic mass is 9.99. The van der Waals surface area contributed by atoms with Crippen molar-refractivity contribution in [1.82, 2.24) is 24.5 Å². The number of amides is 3. The Kier molecular flexibility index (Phi) is 14.8. The molecule has 4 N–H and O–H groups in total. The molecule has 10 rings (SSSR count). The van der Waals surface area contributed by atoms with Crippen LogP contribution < -0.4 is 23.2 Å². The Morgan fingerprint density at radius 2 is 1.13 bits per heavy atom. The second-order valence-electron chi connectivity index (χ2n) is 19.4. The van der Waals surface area contributed by atoms with Crippen LogP contribution in [-0.2, 0) is 51.3 Å². The number of fused-ring (bicyclic) bond motifs is 4. The van der Waals surface area contributed by atoms with Gasteiger partial charge in [-0.2, -0.15) is 16.8 Å². The molecule has 0 spiro atoms. The van der Waals surface area contributed by atoms with Crippen LogP contribution in [0.5, 0.6) is 11.5 Å². The molecular formula is C56H52F2N8O10S2. The van der Waals surface area contributed by atoms with Gasteiger partial charge in [0.25, 0.3) is 22.0 Å². The van der Waals surface area contributed by atoms with Crippen LogP contribution in [0.25, 0.3) is 21.8 Å². The van der Waals surface area contributed by atoms with E-state index in [1.807, 2.05) is 65.4 Å². The lowest BCUT2D eigenvalue weighted by Gasteiger charge is -2.27. The molecule has 22 heteroatoms. The monoisotopic (exact) mass is 1100 g/mol. The van der Waals surface area contributed by atoms with Gasteiger partial charge in [0.1, 0.15) is 34.4 Å². The Bertz CT molecular complexity index is 3820. The van der Waals surface area contributed by atoms with Gasteiger partial charge < -0.3 is 24.4 Å². The SMILES string of the molecule is CN(c1c2c(c(O)c3ncccc13)C(=O)N(Cc1ccc(F)cc1)C2)S(N)(=O)=O.CN(c1c2c(c(OC(c3ccccc3)c3ccccc3)c3ncccc13)C(=O)N(Cc1ccc(F)cc1)C2)S(=O)(=O)NC(=O)OC(C)(C)C. The first-order chi connectivity index (χ1) is 37.0. The number of benzene rings is 6. The van der Waals surface area contributed by atoms with E-state index in [-0.39, 0.29) is 71.2 Å². The average Bonchev–Trinajstić information content (AvgIpc) is 4.12. The number of hydrogen-bond acceptors (Lipinski definition) is 12. The maximum atomic E-state index is 14.4. The number of phenols is 1. The van der Waals surface area contributed by atoms with Crippen molar-refractivity contribution in [3.8, 4) is 11.5 Å². The van der Waals surface area contributed by atoms with Gasteiger partial charge in [-0.15, -0.1) is 0 Å². The molecular weight excluding hydrogens is 1050 g/mol. The summed E-state index contributed by atoms with van der Waals surface area (Å²) in [5.41, 5.74) is 3.59. The molecule has 2 aliphatic rings. The summed E-state index contributed by atoms with van der Waals surface area (Å²) in [5, 5.41) is 16.8. The van der Waals surface area contributed by atoms with Crippen LogP contribution in [0.2, 0.25) is 0 Å². The number of carbonyl (C=O) groups is 3. The number of rotatable bonds is 13. The zero-order valence-electron chi connectivity index (χ0n) is 42.7. The summed E-state index contributed by atoms with van der Waals surface area (Å²) in [6, 6.07) is 37.1. The van der Waals surface area contributed by atoms with Gasteiger partial charge in [-0.25, -0.2) is 23.4 Å². The minimum Gasteiger partial charge on any atom is -0.505 e. The summed E-state index contributed by atoms with van der Waals surface area (Å²) in [7, 11) is -6.11. The second kappa shape index (κ2) is 21.4. The van der Waals surface area contributed by atoms with Crippen LogP contribution in [0.4, 0.5) is 25.0 Å². The lowest BCUT2D eigenvalue weighted by molar-refractivity contribution is 0.0569. The van der Waals surface area contributed by atoms with Crippen molar-refractivity contribution in [2.24, 2.45) is 5.14 Å². The van der Waals surface area contributed by atoms with Gasteiger partial charge in [0.05, 0.1) is 22.5 Å². The molecule has 18 nitrogen and oxygen atoms in total. The number of nitrogens with two attached hydrogens (primary N) is 1. The van der Waals surface area contributed by atoms with Crippen molar-refractivity contribution in [2.45, 2.75) is 58.7 Å². The predicted octanol–water partition coefficient (Wildman–Crippen LogP) is 8.78. The lowest BCUT2D eigenvalue weighted by Crippen LogP contribution is -2.44. The molecule has 8 aromatic rings. The van der Waals surface area contributed by atoms with E-state index < -0.39 is 61.7 Å². The smallest absolute Gasteiger partial charge is 0.422 e.